The summed E-state index contributed by atoms with van der Waals surface area (Å²) < 4.78 is 45.7. The van der Waals surface area contributed by atoms with Crippen LogP contribution in [0.15, 0.2) is 53.4 Å². The number of aliphatic hydroxyl groups excluding tert-OH is 1. The number of carboxylic acid groups (broad SMARTS) is 1. The van der Waals surface area contributed by atoms with Gasteiger partial charge in [0.25, 0.3) is 0 Å². The molecular weight excluding hydrogens is 413 g/mol. The molecule has 162 valence electrons. The highest BCUT2D eigenvalue weighted by Gasteiger charge is 2.50. The van der Waals surface area contributed by atoms with Crippen LogP contribution in [0.2, 0.25) is 0 Å². The van der Waals surface area contributed by atoms with E-state index in [9.17, 15) is 27.8 Å². The number of carboxylic acids is 1. The van der Waals surface area contributed by atoms with Crippen LogP contribution >= 0.6 is 0 Å². The molecule has 0 amide bonds. The van der Waals surface area contributed by atoms with Crippen LogP contribution in [0, 0.1) is 11.2 Å². The van der Waals surface area contributed by atoms with Crippen molar-refractivity contribution in [2.45, 2.75) is 43.9 Å². The number of carbonyl (C=O) groups is 1. The van der Waals surface area contributed by atoms with E-state index in [-0.39, 0.29) is 30.3 Å². The van der Waals surface area contributed by atoms with Crippen molar-refractivity contribution in [3.63, 3.8) is 0 Å². The molecule has 1 saturated heterocycles. The fourth-order valence-electron chi connectivity index (χ4n) is 3.77. The first kappa shape index (κ1) is 22.2. The monoisotopic (exact) mass is 437 g/mol. The molecule has 1 aliphatic rings. The molecule has 0 saturated carbocycles. The van der Waals surface area contributed by atoms with Crippen molar-refractivity contribution in [3.05, 3.63) is 59.9 Å². The maximum absolute atomic E-state index is 13.1. The van der Waals surface area contributed by atoms with Crippen molar-refractivity contribution in [1.29, 1.82) is 0 Å². The summed E-state index contributed by atoms with van der Waals surface area (Å²) in [7, 11) is -4.15. The van der Waals surface area contributed by atoms with E-state index in [1.165, 1.54) is 36.4 Å². The maximum atomic E-state index is 13.1. The predicted molar refractivity (Wildman–Crippen MR) is 107 cm³/mol. The quantitative estimate of drug-likeness (QED) is 0.720. The average molecular weight is 437 g/mol. The molecule has 0 aliphatic carbocycles. The van der Waals surface area contributed by atoms with E-state index in [0.717, 1.165) is 9.87 Å². The second kappa shape index (κ2) is 8.33. The largest absolute Gasteiger partial charge is 0.489 e. The van der Waals surface area contributed by atoms with Gasteiger partial charge in [-0.25, -0.2) is 12.8 Å². The number of aliphatic hydroxyl groups is 1. The van der Waals surface area contributed by atoms with Crippen molar-refractivity contribution in [2.24, 2.45) is 5.41 Å². The van der Waals surface area contributed by atoms with Gasteiger partial charge in [-0.05, 0) is 53.8 Å². The number of sulfonamides is 1. The molecule has 0 radical (unpaired) electrons. The zero-order valence-electron chi connectivity index (χ0n) is 16.7. The molecule has 1 fully saturated rings. The molecule has 0 spiro atoms. The van der Waals surface area contributed by atoms with Crippen molar-refractivity contribution in [2.75, 3.05) is 6.54 Å². The molecule has 0 bridgehead atoms. The van der Waals surface area contributed by atoms with Crippen LogP contribution in [0.4, 0.5) is 4.39 Å². The van der Waals surface area contributed by atoms with Gasteiger partial charge in [0, 0.05) is 6.54 Å². The van der Waals surface area contributed by atoms with Gasteiger partial charge >= 0.3 is 5.97 Å². The lowest BCUT2D eigenvalue weighted by Crippen LogP contribution is -2.59. The predicted octanol–water partition coefficient (Wildman–Crippen LogP) is 2.64. The van der Waals surface area contributed by atoms with Crippen LogP contribution in [-0.4, -0.2) is 47.6 Å². The maximum Gasteiger partial charge on any atom is 0.322 e. The Bertz CT molecular complexity index is 1000. The second-order valence-electron chi connectivity index (χ2n) is 8.05. The molecule has 2 aromatic rings. The lowest BCUT2D eigenvalue weighted by molar-refractivity contribution is -0.149. The van der Waals surface area contributed by atoms with Crippen LogP contribution in [0.3, 0.4) is 0 Å². The van der Waals surface area contributed by atoms with Gasteiger partial charge in [-0.3, -0.25) is 4.79 Å². The summed E-state index contributed by atoms with van der Waals surface area (Å²) in [6.07, 6.45) is -0.768. The molecule has 1 aliphatic heterocycles. The van der Waals surface area contributed by atoms with Gasteiger partial charge in [0.1, 0.15) is 24.2 Å². The Kier molecular flexibility index (Phi) is 6.16. The topological polar surface area (TPSA) is 104 Å². The summed E-state index contributed by atoms with van der Waals surface area (Å²) >= 11 is 0. The molecule has 2 atom stereocenters. The lowest BCUT2D eigenvalue weighted by atomic mass is 9.76. The average Bonchev–Trinajstić information content (AvgIpc) is 2.66. The summed E-state index contributed by atoms with van der Waals surface area (Å²) in [6, 6.07) is 10.1. The summed E-state index contributed by atoms with van der Waals surface area (Å²) in [5.74, 6) is -1.19. The van der Waals surface area contributed by atoms with E-state index in [2.05, 4.69) is 0 Å². The molecule has 0 aromatic heterocycles. The fourth-order valence-corrected chi connectivity index (χ4v) is 5.54. The van der Waals surface area contributed by atoms with Gasteiger partial charge in [0.05, 0.1) is 11.0 Å². The van der Waals surface area contributed by atoms with E-state index in [1.807, 2.05) is 0 Å². The highest BCUT2D eigenvalue weighted by atomic mass is 32.2. The summed E-state index contributed by atoms with van der Waals surface area (Å²) in [4.78, 5) is 11.7. The number of hydrogen-bond donors (Lipinski definition) is 2. The number of benzene rings is 2. The first-order valence-electron chi connectivity index (χ1n) is 9.41. The van der Waals surface area contributed by atoms with E-state index >= 15 is 0 Å². The SMILES string of the molecule is CC1(C)CC(O)CN(S(=O)(=O)c2ccc(OCc3ccc(F)cc3)cc2)C1C(=O)O. The summed E-state index contributed by atoms with van der Waals surface area (Å²) in [5.41, 5.74) is -0.184. The molecule has 2 N–H and O–H groups in total. The van der Waals surface area contributed by atoms with E-state index in [1.54, 1.807) is 26.0 Å². The van der Waals surface area contributed by atoms with Crippen molar-refractivity contribution in [3.8, 4) is 5.75 Å². The number of ether oxygens (including phenoxy) is 1. The Morgan fingerprint density at radius 2 is 1.77 bits per heavy atom. The third-order valence-corrected chi connectivity index (χ3v) is 7.01. The van der Waals surface area contributed by atoms with Gasteiger partial charge < -0.3 is 14.9 Å². The minimum absolute atomic E-state index is 0.0900. The standard InChI is InChI=1S/C21H24FNO6S/c1-21(2)11-16(24)12-23(19(21)20(25)26)30(27,28)18-9-7-17(8-10-18)29-13-14-3-5-15(22)6-4-14/h3-10,16,19,24H,11-13H2,1-2H3,(H,25,26). The zero-order chi connectivity index (χ0) is 22.1. The van der Waals surface area contributed by atoms with Gasteiger partial charge in [-0.15, -0.1) is 0 Å². The second-order valence-corrected chi connectivity index (χ2v) is 9.94. The molecule has 9 heteroatoms. The Morgan fingerprint density at radius 1 is 1.17 bits per heavy atom. The first-order valence-corrected chi connectivity index (χ1v) is 10.8. The number of piperidine rings is 1. The molecule has 7 nitrogen and oxygen atoms in total. The number of rotatable bonds is 6. The number of hydrogen-bond acceptors (Lipinski definition) is 5. The van der Waals surface area contributed by atoms with Crippen LogP contribution in [-0.2, 0) is 21.4 Å². The Morgan fingerprint density at radius 3 is 2.33 bits per heavy atom. The minimum atomic E-state index is -4.15. The van der Waals surface area contributed by atoms with Crippen molar-refractivity contribution < 1.29 is 32.6 Å². The van der Waals surface area contributed by atoms with Crippen LogP contribution in [0.1, 0.15) is 25.8 Å². The summed E-state index contributed by atoms with van der Waals surface area (Å²) in [6.45, 7) is 3.15. The van der Waals surface area contributed by atoms with E-state index < -0.39 is 33.6 Å². The van der Waals surface area contributed by atoms with Gasteiger partial charge in [-0.2, -0.15) is 4.31 Å². The van der Waals surface area contributed by atoms with Crippen molar-refractivity contribution >= 4 is 16.0 Å². The Balaban J connectivity index is 1.79. The van der Waals surface area contributed by atoms with Gasteiger partial charge in [0.2, 0.25) is 10.0 Å². The molecule has 30 heavy (non-hydrogen) atoms. The third-order valence-electron chi connectivity index (χ3n) is 5.16. The first-order chi connectivity index (χ1) is 14.0. The normalized spacial score (nSPS) is 21.9. The van der Waals surface area contributed by atoms with Crippen LogP contribution < -0.4 is 4.74 Å². The molecule has 3 rings (SSSR count). The smallest absolute Gasteiger partial charge is 0.322 e. The van der Waals surface area contributed by atoms with Crippen LogP contribution in [0.25, 0.3) is 0 Å². The number of nitrogens with zero attached hydrogens (tertiary/aromatic N) is 1. The van der Waals surface area contributed by atoms with Gasteiger partial charge in [-0.1, -0.05) is 26.0 Å². The molecule has 1 heterocycles. The number of aliphatic carboxylic acids is 1. The highest BCUT2D eigenvalue weighted by molar-refractivity contribution is 7.89. The molecular formula is C21H24FNO6S. The highest BCUT2D eigenvalue weighted by Crippen LogP contribution is 2.38. The Hall–Kier alpha value is -2.49. The van der Waals surface area contributed by atoms with E-state index in [4.69, 9.17) is 4.74 Å². The minimum Gasteiger partial charge on any atom is -0.489 e. The Labute approximate surface area is 174 Å². The molecule has 2 aromatic carbocycles. The third kappa shape index (κ3) is 4.63. The fraction of sp³-hybridized carbons (Fsp3) is 0.381. The number of β-amino-alcohol motifs (C(OH)–C–C–N with tert-alkyl or cyclic N) is 1. The van der Waals surface area contributed by atoms with Crippen molar-refractivity contribution in [1.82, 2.24) is 4.31 Å². The molecule has 2 unspecified atom stereocenters. The number of halogens is 1. The van der Waals surface area contributed by atoms with Crippen LogP contribution in [0.5, 0.6) is 5.75 Å². The summed E-state index contributed by atoms with van der Waals surface area (Å²) in [5, 5.41) is 19.8. The zero-order valence-corrected chi connectivity index (χ0v) is 17.5. The lowest BCUT2D eigenvalue weighted by Gasteiger charge is -2.44. The van der Waals surface area contributed by atoms with E-state index in [0.29, 0.717) is 5.75 Å². The van der Waals surface area contributed by atoms with Gasteiger partial charge in [0.15, 0.2) is 0 Å².